The van der Waals surface area contributed by atoms with Gasteiger partial charge in [0, 0.05) is 18.7 Å². The molecule has 0 aliphatic carbocycles. The Morgan fingerprint density at radius 1 is 1.00 bits per heavy atom. The molecular formula is C18H25N5OS. The molecule has 0 bridgehead atoms. The van der Waals surface area contributed by atoms with Gasteiger partial charge >= 0.3 is 0 Å². The minimum atomic E-state index is 0.0655. The second kappa shape index (κ2) is 9.36. The third kappa shape index (κ3) is 5.70. The van der Waals surface area contributed by atoms with E-state index in [-0.39, 0.29) is 5.78 Å². The number of Topliss-reactive ketones (excluding diaryl/α,β-unsaturated/α-hetero) is 1. The number of ketones is 1. The third-order valence-electron chi connectivity index (χ3n) is 3.52. The zero-order valence-electron chi connectivity index (χ0n) is 15.2. The molecule has 2 rings (SSSR count). The van der Waals surface area contributed by atoms with Crippen molar-refractivity contribution < 1.29 is 4.79 Å². The molecule has 0 saturated carbocycles. The SMILES string of the molecule is CCNc1nc(NCC)nc(SCC(=O)c2ccc(C(C)C)cc2)n1. The van der Waals surface area contributed by atoms with Gasteiger partial charge in [-0.05, 0) is 25.3 Å². The average molecular weight is 359 g/mol. The highest BCUT2D eigenvalue weighted by molar-refractivity contribution is 7.99. The van der Waals surface area contributed by atoms with Crippen LogP contribution in [0.2, 0.25) is 0 Å². The number of anilines is 2. The zero-order chi connectivity index (χ0) is 18.2. The van der Waals surface area contributed by atoms with Crippen molar-refractivity contribution >= 4 is 29.4 Å². The van der Waals surface area contributed by atoms with E-state index in [0.29, 0.717) is 34.3 Å². The Labute approximate surface area is 153 Å². The van der Waals surface area contributed by atoms with Gasteiger partial charge in [-0.15, -0.1) is 0 Å². The number of carbonyl (C=O) groups is 1. The van der Waals surface area contributed by atoms with Gasteiger partial charge in [0.15, 0.2) is 10.9 Å². The van der Waals surface area contributed by atoms with Crippen molar-refractivity contribution in [2.75, 3.05) is 29.5 Å². The van der Waals surface area contributed by atoms with Crippen molar-refractivity contribution in [3.8, 4) is 0 Å². The molecular weight excluding hydrogens is 334 g/mol. The lowest BCUT2D eigenvalue weighted by Crippen LogP contribution is -2.10. The number of nitrogens with zero attached hydrogens (tertiary/aromatic N) is 3. The summed E-state index contributed by atoms with van der Waals surface area (Å²) in [7, 11) is 0. The molecule has 6 nitrogen and oxygen atoms in total. The van der Waals surface area contributed by atoms with Gasteiger partial charge in [0.2, 0.25) is 11.9 Å². The maximum absolute atomic E-state index is 12.4. The molecule has 25 heavy (non-hydrogen) atoms. The molecule has 134 valence electrons. The van der Waals surface area contributed by atoms with Crippen molar-refractivity contribution in [3.63, 3.8) is 0 Å². The summed E-state index contributed by atoms with van der Waals surface area (Å²) in [6.45, 7) is 9.68. The standard InChI is InChI=1S/C18H25N5OS/c1-5-19-16-21-17(20-6-2)23-18(22-16)25-11-15(24)14-9-7-13(8-10-14)12(3)4/h7-10,12H,5-6,11H2,1-4H3,(H2,19,20,21,22,23). The quantitative estimate of drug-likeness (QED) is 0.520. The summed E-state index contributed by atoms with van der Waals surface area (Å²) in [5, 5.41) is 6.70. The van der Waals surface area contributed by atoms with Crippen LogP contribution in [0.5, 0.6) is 0 Å². The van der Waals surface area contributed by atoms with Crippen LogP contribution in [-0.4, -0.2) is 39.6 Å². The van der Waals surface area contributed by atoms with Crippen LogP contribution in [0.1, 0.15) is 49.5 Å². The van der Waals surface area contributed by atoms with E-state index in [2.05, 4.69) is 39.4 Å². The monoisotopic (exact) mass is 359 g/mol. The Balaban J connectivity index is 2.05. The lowest BCUT2D eigenvalue weighted by Gasteiger charge is -2.08. The van der Waals surface area contributed by atoms with Gasteiger partial charge in [-0.2, -0.15) is 15.0 Å². The highest BCUT2D eigenvalue weighted by atomic mass is 32.2. The second-order valence-corrected chi connectivity index (χ2v) is 6.76. The van der Waals surface area contributed by atoms with Crippen LogP contribution in [0.25, 0.3) is 0 Å². The molecule has 0 aliphatic heterocycles. The van der Waals surface area contributed by atoms with E-state index in [0.717, 1.165) is 13.1 Å². The number of thioether (sulfide) groups is 1. The molecule has 0 atom stereocenters. The molecule has 1 aromatic carbocycles. The Hall–Kier alpha value is -2.15. The number of hydrogen-bond donors (Lipinski definition) is 2. The highest BCUT2D eigenvalue weighted by Crippen LogP contribution is 2.20. The lowest BCUT2D eigenvalue weighted by molar-refractivity contribution is 0.102. The van der Waals surface area contributed by atoms with Crippen LogP contribution in [0, 0.1) is 0 Å². The molecule has 0 saturated heterocycles. The first kappa shape index (κ1) is 19.2. The molecule has 1 aromatic heterocycles. The first-order valence-electron chi connectivity index (χ1n) is 8.53. The number of benzene rings is 1. The van der Waals surface area contributed by atoms with E-state index in [9.17, 15) is 4.79 Å². The van der Waals surface area contributed by atoms with Crippen LogP contribution in [0.4, 0.5) is 11.9 Å². The van der Waals surface area contributed by atoms with Crippen molar-refractivity contribution in [3.05, 3.63) is 35.4 Å². The molecule has 0 aliphatic rings. The van der Waals surface area contributed by atoms with Gasteiger partial charge in [-0.3, -0.25) is 4.79 Å². The van der Waals surface area contributed by atoms with Gasteiger partial charge in [0.1, 0.15) is 0 Å². The largest absolute Gasteiger partial charge is 0.354 e. The number of carbonyl (C=O) groups excluding carboxylic acids is 1. The molecule has 7 heteroatoms. The number of nitrogens with one attached hydrogen (secondary N) is 2. The number of hydrogen-bond acceptors (Lipinski definition) is 7. The molecule has 0 spiro atoms. The van der Waals surface area contributed by atoms with Gasteiger partial charge < -0.3 is 10.6 Å². The molecule has 2 aromatic rings. The first-order valence-corrected chi connectivity index (χ1v) is 9.51. The molecule has 0 unspecified atom stereocenters. The Morgan fingerprint density at radius 3 is 2.04 bits per heavy atom. The van der Waals surface area contributed by atoms with Gasteiger partial charge in [0.05, 0.1) is 5.75 Å². The molecule has 1 heterocycles. The summed E-state index contributed by atoms with van der Waals surface area (Å²) in [5.74, 6) is 1.85. The number of aromatic nitrogens is 3. The van der Waals surface area contributed by atoms with Crippen LogP contribution in [0.3, 0.4) is 0 Å². The van der Waals surface area contributed by atoms with E-state index in [4.69, 9.17) is 0 Å². The maximum Gasteiger partial charge on any atom is 0.228 e. The minimum absolute atomic E-state index is 0.0655. The number of rotatable bonds is 9. The normalized spacial score (nSPS) is 10.8. The van der Waals surface area contributed by atoms with Crippen LogP contribution < -0.4 is 10.6 Å². The van der Waals surface area contributed by atoms with Gasteiger partial charge in [-0.1, -0.05) is 49.9 Å². The summed E-state index contributed by atoms with van der Waals surface area (Å²) >= 11 is 1.32. The van der Waals surface area contributed by atoms with E-state index in [1.54, 1.807) is 0 Å². The Bertz CT molecular complexity index is 679. The summed E-state index contributed by atoms with van der Waals surface area (Å²) < 4.78 is 0. The molecule has 2 N–H and O–H groups in total. The summed E-state index contributed by atoms with van der Waals surface area (Å²) in [6.07, 6.45) is 0. The zero-order valence-corrected chi connectivity index (χ0v) is 16.0. The van der Waals surface area contributed by atoms with E-state index < -0.39 is 0 Å². The smallest absolute Gasteiger partial charge is 0.228 e. The van der Waals surface area contributed by atoms with E-state index in [1.165, 1.54) is 17.3 Å². The van der Waals surface area contributed by atoms with Crippen LogP contribution in [0.15, 0.2) is 29.4 Å². The third-order valence-corrected chi connectivity index (χ3v) is 4.36. The summed E-state index contributed by atoms with van der Waals surface area (Å²) in [4.78, 5) is 25.4. The Morgan fingerprint density at radius 2 is 1.56 bits per heavy atom. The van der Waals surface area contributed by atoms with E-state index >= 15 is 0 Å². The first-order chi connectivity index (χ1) is 12.0. The average Bonchev–Trinajstić information content (AvgIpc) is 2.60. The Kier molecular flexibility index (Phi) is 7.18. The van der Waals surface area contributed by atoms with Crippen LogP contribution >= 0.6 is 11.8 Å². The minimum Gasteiger partial charge on any atom is -0.354 e. The maximum atomic E-state index is 12.4. The predicted molar refractivity (Wildman–Crippen MR) is 104 cm³/mol. The van der Waals surface area contributed by atoms with Crippen molar-refractivity contribution in [1.82, 2.24) is 15.0 Å². The summed E-state index contributed by atoms with van der Waals surface area (Å²) in [5.41, 5.74) is 1.94. The summed E-state index contributed by atoms with van der Waals surface area (Å²) in [6, 6.07) is 7.80. The fraction of sp³-hybridized carbons (Fsp3) is 0.444. The molecule has 0 amide bonds. The fourth-order valence-electron chi connectivity index (χ4n) is 2.16. The second-order valence-electron chi connectivity index (χ2n) is 5.81. The molecule has 0 radical (unpaired) electrons. The van der Waals surface area contributed by atoms with Gasteiger partial charge in [-0.25, -0.2) is 0 Å². The van der Waals surface area contributed by atoms with Crippen molar-refractivity contribution in [1.29, 1.82) is 0 Å². The fourth-order valence-corrected chi connectivity index (χ4v) is 2.89. The lowest BCUT2D eigenvalue weighted by atomic mass is 10.0. The van der Waals surface area contributed by atoms with E-state index in [1.807, 2.05) is 38.1 Å². The topological polar surface area (TPSA) is 79.8 Å². The predicted octanol–water partition coefficient (Wildman–Crippen LogP) is 3.83. The van der Waals surface area contributed by atoms with Crippen molar-refractivity contribution in [2.45, 2.75) is 38.8 Å². The highest BCUT2D eigenvalue weighted by Gasteiger charge is 2.11. The van der Waals surface area contributed by atoms with Crippen LogP contribution in [-0.2, 0) is 0 Å². The molecule has 0 fully saturated rings. The van der Waals surface area contributed by atoms with Crippen molar-refractivity contribution in [2.24, 2.45) is 0 Å². The van der Waals surface area contributed by atoms with Gasteiger partial charge in [0.25, 0.3) is 0 Å².